The first-order chi connectivity index (χ1) is 18.4. The van der Waals surface area contributed by atoms with Crippen LogP contribution in [0.25, 0.3) is 0 Å². The zero-order valence-electron chi connectivity index (χ0n) is 22.4. The standard InChI is InChI=1S/C28H43N5O4S/c34-27(24-16-25(37-31-24)19-4-5-19)30-23-14-20-17-28(18-21(15-23)26(20)28)38(35,36)33-12-6-22(7-13-33)29-8-3-11-32-9-1-2-10-32/h16,19-23,26,29H,1-15,17-18H2,(H,30,34)/t20-,21+,23?,26?,28?. The minimum absolute atomic E-state index is 0.100. The molecule has 1 aromatic rings. The average molecular weight is 546 g/mol. The molecular formula is C28H43N5O4S. The minimum atomic E-state index is -3.28. The molecule has 0 radical (unpaired) electrons. The number of aromatic nitrogens is 1. The Hall–Kier alpha value is -1.49. The maximum Gasteiger partial charge on any atom is 0.273 e. The molecule has 1 aromatic heterocycles. The first-order valence-corrected chi connectivity index (χ1v) is 16.6. The number of carbonyl (C=O) groups excluding carboxylic acids is 1. The lowest BCUT2D eigenvalue weighted by Gasteiger charge is -2.70. The first-order valence-electron chi connectivity index (χ1n) is 15.2. The highest BCUT2D eigenvalue weighted by molar-refractivity contribution is 7.90. The lowest BCUT2D eigenvalue weighted by Crippen LogP contribution is -2.75. The summed E-state index contributed by atoms with van der Waals surface area (Å²) in [6.07, 6.45) is 11.2. The van der Waals surface area contributed by atoms with Crippen molar-refractivity contribution >= 4 is 15.9 Å². The highest BCUT2D eigenvalue weighted by atomic mass is 32.2. The summed E-state index contributed by atoms with van der Waals surface area (Å²) < 4.78 is 34.3. The summed E-state index contributed by atoms with van der Waals surface area (Å²) >= 11 is 0. The van der Waals surface area contributed by atoms with Crippen molar-refractivity contribution < 1.29 is 17.7 Å². The van der Waals surface area contributed by atoms with E-state index in [9.17, 15) is 13.2 Å². The van der Waals surface area contributed by atoms with Crippen LogP contribution in [0.1, 0.15) is 92.8 Å². The van der Waals surface area contributed by atoms with E-state index < -0.39 is 14.8 Å². The fourth-order valence-corrected chi connectivity index (χ4v) is 11.4. The Kier molecular flexibility index (Phi) is 6.61. The molecule has 5 atom stereocenters. The number of sulfonamides is 1. The van der Waals surface area contributed by atoms with Crippen LogP contribution in [0.3, 0.4) is 0 Å². The molecule has 210 valence electrons. The molecule has 2 aliphatic heterocycles. The molecule has 3 heterocycles. The highest BCUT2D eigenvalue weighted by Crippen LogP contribution is 2.69. The van der Waals surface area contributed by atoms with Crippen molar-refractivity contribution in [2.75, 3.05) is 39.3 Å². The molecule has 3 unspecified atom stereocenters. The van der Waals surface area contributed by atoms with Gasteiger partial charge in [0, 0.05) is 37.2 Å². The van der Waals surface area contributed by atoms with E-state index in [2.05, 4.69) is 20.7 Å². The third-order valence-electron chi connectivity index (χ3n) is 10.7. The van der Waals surface area contributed by atoms with Gasteiger partial charge in [-0.25, -0.2) is 12.7 Å². The highest BCUT2D eigenvalue weighted by Gasteiger charge is 2.73. The molecule has 0 spiro atoms. The van der Waals surface area contributed by atoms with Crippen molar-refractivity contribution in [2.45, 2.75) is 93.4 Å². The van der Waals surface area contributed by atoms with E-state index in [0.29, 0.717) is 42.6 Å². The zero-order valence-corrected chi connectivity index (χ0v) is 23.3. The molecule has 38 heavy (non-hydrogen) atoms. The van der Waals surface area contributed by atoms with Gasteiger partial charge in [0.1, 0.15) is 5.76 Å². The lowest BCUT2D eigenvalue weighted by molar-refractivity contribution is -0.108. The number of amides is 1. The van der Waals surface area contributed by atoms with E-state index in [1.54, 1.807) is 6.07 Å². The Morgan fingerprint density at radius 3 is 2.42 bits per heavy atom. The maximum atomic E-state index is 13.8. The summed E-state index contributed by atoms with van der Waals surface area (Å²) in [5.41, 5.74) is 0.373. The number of rotatable bonds is 10. The van der Waals surface area contributed by atoms with E-state index in [0.717, 1.165) is 63.7 Å². The molecule has 10 heteroatoms. The van der Waals surface area contributed by atoms with Gasteiger partial charge in [-0.2, -0.15) is 0 Å². The number of nitrogens with one attached hydrogen (secondary N) is 2. The fraction of sp³-hybridized carbons (Fsp3) is 0.857. The van der Waals surface area contributed by atoms with E-state index in [4.69, 9.17) is 4.52 Å². The summed E-state index contributed by atoms with van der Waals surface area (Å²) in [4.78, 5) is 15.3. The normalized spacial score (nSPS) is 35.9. The van der Waals surface area contributed by atoms with Crippen LogP contribution >= 0.6 is 0 Å². The number of piperidine rings is 1. The molecule has 6 fully saturated rings. The van der Waals surface area contributed by atoms with E-state index in [1.165, 1.54) is 38.9 Å². The van der Waals surface area contributed by atoms with Crippen molar-refractivity contribution in [3.63, 3.8) is 0 Å². The monoisotopic (exact) mass is 545 g/mol. The average Bonchev–Trinajstić information content (AvgIpc) is 3.37. The SMILES string of the molecule is O=C(NC1C[C@@H]2CC3(S(=O)(=O)N4CCC(NCCCN5CCCC5)CC4)C[C@H](C1)C23)c1cc(C2CC2)on1. The summed E-state index contributed by atoms with van der Waals surface area (Å²) in [5.74, 6) is 2.17. The first kappa shape index (κ1) is 25.5. The molecule has 7 rings (SSSR count). The predicted molar refractivity (Wildman–Crippen MR) is 143 cm³/mol. The fourth-order valence-electron chi connectivity index (χ4n) is 8.60. The second kappa shape index (κ2) is 9.85. The molecule has 4 aliphatic carbocycles. The van der Waals surface area contributed by atoms with Crippen LogP contribution < -0.4 is 10.6 Å². The predicted octanol–water partition coefficient (Wildman–Crippen LogP) is 2.71. The lowest BCUT2D eigenvalue weighted by atomic mass is 9.42. The zero-order chi connectivity index (χ0) is 25.9. The summed E-state index contributed by atoms with van der Waals surface area (Å²) in [6, 6.07) is 2.32. The molecule has 6 aliphatic rings. The third kappa shape index (κ3) is 4.43. The van der Waals surface area contributed by atoms with Gasteiger partial charge in [-0.05, 0) is 115 Å². The number of hydrogen-bond donors (Lipinski definition) is 2. The van der Waals surface area contributed by atoms with Crippen LogP contribution in [0.15, 0.2) is 10.6 Å². The molecule has 1 amide bonds. The minimum Gasteiger partial charge on any atom is -0.360 e. The van der Waals surface area contributed by atoms with Crippen LogP contribution in [0.2, 0.25) is 0 Å². The molecule has 2 saturated heterocycles. The Morgan fingerprint density at radius 2 is 1.74 bits per heavy atom. The topological polar surface area (TPSA) is 108 Å². The molecule has 0 aromatic carbocycles. The summed E-state index contributed by atoms with van der Waals surface area (Å²) in [7, 11) is -3.28. The van der Waals surface area contributed by atoms with Gasteiger partial charge in [-0.3, -0.25) is 4.79 Å². The van der Waals surface area contributed by atoms with Gasteiger partial charge in [-0.1, -0.05) is 5.16 Å². The van der Waals surface area contributed by atoms with Crippen LogP contribution in [0, 0.1) is 17.8 Å². The van der Waals surface area contributed by atoms with Gasteiger partial charge in [0.15, 0.2) is 5.69 Å². The second-order valence-electron chi connectivity index (χ2n) is 13.1. The Bertz CT molecular complexity index is 1120. The van der Waals surface area contributed by atoms with Crippen LogP contribution in [0.5, 0.6) is 0 Å². The van der Waals surface area contributed by atoms with Crippen molar-refractivity contribution in [1.82, 2.24) is 25.0 Å². The number of carbonyl (C=O) groups is 1. The van der Waals surface area contributed by atoms with E-state index in [-0.39, 0.29) is 17.9 Å². The molecular weight excluding hydrogens is 502 g/mol. The van der Waals surface area contributed by atoms with Crippen molar-refractivity contribution in [3.8, 4) is 0 Å². The largest absolute Gasteiger partial charge is 0.360 e. The van der Waals surface area contributed by atoms with Gasteiger partial charge < -0.3 is 20.1 Å². The molecule has 0 bridgehead atoms. The molecule has 2 N–H and O–H groups in total. The second-order valence-corrected chi connectivity index (χ2v) is 15.4. The van der Waals surface area contributed by atoms with Crippen molar-refractivity contribution in [3.05, 3.63) is 17.5 Å². The number of likely N-dealkylation sites (tertiary alicyclic amines) is 1. The van der Waals surface area contributed by atoms with Gasteiger partial charge in [-0.15, -0.1) is 0 Å². The van der Waals surface area contributed by atoms with Gasteiger partial charge in [0.2, 0.25) is 10.0 Å². The Balaban J connectivity index is 0.876. The molecule has 4 saturated carbocycles. The van der Waals surface area contributed by atoms with Gasteiger partial charge >= 0.3 is 0 Å². The maximum absolute atomic E-state index is 13.8. The Labute approximate surface area is 226 Å². The smallest absolute Gasteiger partial charge is 0.273 e. The summed E-state index contributed by atoms with van der Waals surface area (Å²) in [6.45, 7) is 6.00. The quantitative estimate of drug-likeness (QED) is 0.435. The van der Waals surface area contributed by atoms with Crippen molar-refractivity contribution in [2.24, 2.45) is 17.8 Å². The van der Waals surface area contributed by atoms with Gasteiger partial charge in [0.05, 0.1) is 4.75 Å². The van der Waals surface area contributed by atoms with Crippen molar-refractivity contribution in [1.29, 1.82) is 0 Å². The van der Waals surface area contributed by atoms with Gasteiger partial charge in [0.25, 0.3) is 5.91 Å². The number of nitrogens with zero attached hydrogens (tertiary/aromatic N) is 3. The third-order valence-corrected chi connectivity index (χ3v) is 13.4. The van der Waals surface area contributed by atoms with Crippen LogP contribution in [-0.2, 0) is 10.0 Å². The van der Waals surface area contributed by atoms with Crippen LogP contribution in [-0.4, -0.2) is 84.8 Å². The van der Waals surface area contributed by atoms with Crippen LogP contribution in [0.4, 0.5) is 0 Å². The van der Waals surface area contributed by atoms with E-state index >= 15 is 0 Å². The Morgan fingerprint density at radius 1 is 1.03 bits per heavy atom. The van der Waals surface area contributed by atoms with E-state index in [1.807, 2.05) is 4.31 Å². The summed E-state index contributed by atoms with van der Waals surface area (Å²) in [5, 5.41) is 10.8. The number of hydrogen-bond acceptors (Lipinski definition) is 7. The molecule has 9 nitrogen and oxygen atoms in total.